The first-order valence-corrected chi connectivity index (χ1v) is 7.01. The third kappa shape index (κ3) is 6.65. The second-order valence-corrected chi connectivity index (χ2v) is 5.01. The molecule has 1 aromatic carbocycles. The molecule has 0 aromatic heterocycles. The first kappa shape index (κ1) is 18.1. The van der Waals surface area contributed by atoms with Gasteiger partial charge in [-0.3, -0.25) is 5.32 Å². The van der Waals surface area contributed by atoms with Gasteiger partial charge < -0.3 is 9.47 Å². The Labute approximate surface area is 138 Å². The number of halogens is 2. The Hall–Kier alpha value is -1.98. The number of carbonyl (C=O) groups is 2. The summed E-state index contributed by atoms with van der Waals surface area (Å²) in [5.74, 6) is -0.581. The molecule has 0 atom stereocenters. The lowest BCUT2D eigenvalue weighted by molar-refractivity contribution is -0.136. The monoisotopic (exact) mass is 343 g/mol. The number of benzene rings is 1. The molecule has 1 amide bonds. The molecule has 0 aliphatic rings. The predicted molar refractivity (Wildman–Crippen MR) is 84.7 cm³/mol. The number of nitrogens with one attached hydrogen (secondary N) is 1. The smallest absolute Gasteiger partial charge is 0.411 e. The van der Waals surface area contributed by atoms with Crippen molar-refractivity contribution in [3.8, 4) is 0 Å². The van der Waals surface area contributed by atoms with Crippen molar-refractivity contribution in [3.05, 3.63) is 58.2 Å². The molecule has 1 N–H and O–H groups in total. The van der Waals surface area contributed by atoms with Gasteiger partial charge >= 0.3 is 12.1 Å². The second kappa shape index (κ2) is 9.12. The van der Waals surface area contributed by atoms with Gasteiger partial charge in [0.05, 0.1) is 10.0 Å². The van der Waals surface area contributed by atoms with Gasteiger partial charge in [-0.05, 0) is 24.6 Å². The van der Waals surface area contributed by atoms with E-state index in [1.165, 1.54) is 13.0 Å². The van der Waals surface area contributed by atoms with Crippen LogP contribution >= 0.6 is 23.2 Å². The molecule has 0 radical (unpaired) electrons. The number of amides is 1. The van der Waals surface area contributed by atoms with E-state index in [4.69, 9.17) is 32.7 Å². The molecule has 118 valence electrons. The number of allylic oxidation sites excluding steroid dienone is 1. The molecule has 0 fully saturated rings. The quantitative estimate of drug-likeness (QED) is 0.484. The van der Waals surface area contributed by atoms with Crippen LogP contribution in [-0.2, 0) is 20.9 Å². The highest BCUT2D eigenvalue weighted by Gasteiger charge is 2.06. The maximum atomic E-state index is 11.6. The van der Waals surface area contributed by atoms with Crippen LogP contribution in [0.1, 0.15) is 12.5 Å². The highest BCUT2D eigenvalue weighted by molar-refractivity contribution is 6.42. The Morgan fingerprint density at radius 1 is 1.27 bits per heavy atom. The van der Waals surface area contributed by atoms with Gasteiger partial charge in [-0.1, -0.05) is 41.9 Å². The molecule has 5 nitrogen and oxygen atoms in total. The molecule has 0 aliphatic heterocycles. The van der Waals surface area contributed by atoms with Gasteiger partial charge in [-0.25, -0.2) is 9.59 Å². The first-order chi connectivity index (χ1) is 10.4. The summed E-state index contributed by atoms with van der Waals surface area (Å²) in [7, 11) is 0. The summed E-state index contributed by atoms with van der Waals surface area (Å²) in [6.07, 6.45) is 1.89. The number of hydrogen-bond donors (Lipinski definition) is 1. The molecule has 0 spiro atoms. The summed E-state index contributed by atoms with van der Waals surface area (Å²) in [5.41, 5.74) is 0.991. The van der Waals surface area contributed by atoms with Crippen LogP contribution in [0.3, 0.4) is 0 Å². The van der Waals surface area contributed by atoms with Crippen molar-refractivity contribution in [2.75, 3.05) is 6.61 Å². The second-order valence-electron chi connectivity index (χ2n) is 4.20. The number of hydrogen-bond acceptors (Lipinski definition) is 4. The van der Waals surface area contributed by atoms with E-state index in [0.717, 1.165) is 6.08 Å². The van der Waals surface area contributed by atoms with Crippen LogP contribution in [0.25, 0.3) is 0 Å². The van der Waals surface area contributed by atoms with Gasteiger partial charge in [0.25, 0.3) is 0 Å². The van der Waals surface area contributed by atoms with Crippen molar-refractivity contribution in [1.82, 2.24) is 5.32 Å². The Kier molecular flexibility index (Phi) is 7.49. The van der Waals surface area contributed by atoms with Crippen LogP contribution in [0.5, 0.6) is 0 Å². The summed E-state index contributed by atoms with van der Waals surface area (Å²) < 4.78 is 9.74. The fourth-order valence-corrected chi connectivity index (χ4v) is 1.69. The Morgan fingerprint density at radius 2 is 2.00 bits per heavy atom. The van der Waals surface area contributed by atoms with E-state index in [9.17, 15) is 9.59 Å². The van der Waals surface area contributed by atoms with Gasteiger partial charge in [0, 0.05) is 11.8 Å². The largest absolute Gasteiger partial charge is 0.458 e. The van der Waals surface area contributed by atoms with E-state index >= 15 is 0 Å². The Morgan fingerprint density at radius 3 is 2.64 bits per heavy atom. The van der Waals surface area contributed by atoms with Crippen LogP contribution in [-0.4, -0.2) is 18.7 Å². The first-order valence-electron chi connectivity index (χ1n) is 6.26. The molecule has 0 unspecified atom stereocenters. The lowest BCUT2D eigenvalue weighted by atomic mass is 10.2. The normalized spacial score (nSPS) is 10.8. The van der Waals surface area contributed by atoms with Gasteiger partial charge in [0.1, 0.15) is 13.2 Å². The highest BCUT2D eigenvalue weighted by Crippen LogP contribution is 2.22. The lowest BCUT2D eigenvalue weighted by Gasteiger charge is -2.08. The van der Waals surface area contributed by atoms with E-state index in [1.54, 1.807) is 18.2 Å². The van der Waals surface area contributed by atoms with Crippen LogP contribution in [0.4, 0.5) is 4.79 Å². The van der Waals surface area contributed by atoms with Crippen molar-refractivity contribution in [2.45, 2.75) is 13.5 Å². The molecule has 1 aromatic rings. The zero-order chi connectivity index (χ0) is 16.5. The molecule has 0 aliphatic carbocycles. The zero-order valence-corrected chi connectivity index (χ0v) is 13.4. The number of ether oxygens (including phenoxy) is 2. The molecule has 0 bridgehead atoms. The Balaban J connectivity index is 2.45. The molecular formula is C15H15Cl2NO4. The minimum atomic E-state index is -0.698. The van der Waals surface area contributed by atoms with E-state index < -0.39 is 12.1 Å². The van der Waals surface area contributed by atoms with Crippen molar-refractivity contribution >= 4 is 35.3 Å². The summed E-state index contributed by atoms with van der Waals surface area (Å²) in [6, 6.07) is 4.91. The number of rotatable bonds is 6. The van der Waals surface area contributed by atoms with Crippen molar-refractivity contribution in [1.29, 1.82) is 0 Å². The third-order valence-electron chi connectivity index (χ3n) is 2.33. The average Bonchev–Trinajstić information content (AvgIpc) is 2.46. The molecular weight excluding hydrogens is 329 g/mol. The minimum absolute atomic E-state index is 0.0247. The maximum absolute atomic E-state index is 11.6. The molecule has 0 saturated heterocycles. The fraction of sp³-hybridized carbons (Fsp3) is 0.200. The average molecular weight is 344 g/mol. The topological polar surface area (TPSA) is 64.6 Å². The van der Waals surface area contributed by atoms with Crippen molar-refractivity contribution in [3.63, 3.8) is 0 Å². The zero-order valence-electron chi connectivity index (χ0n) is 11.9. The minimum Gasteiger partial charge on any atom is -0.458 e. The summed E-state index contributed by atoms with van der Waals surface area (Å²) in [6.45, 7) is 5.08. The molecule has 1 rings (SSSR count). The van der Waals surface area contributed by atoms with E-state index in [-0.39, 0.29) is 13.2 Å². The van der Waals surface area contributed by atoms with Crippen LogP contribution < -0.4 is 5.32 Å². The van der Waals surface area contributed by atoms with Crippen LogP contribution in [0, 0.1) is 0 Å². The SMILES string of the molecule is C=CCOC(=O)/C=C(/C)NC(=O)OCc1ccc(Cl)c(Cl)c1. The van der Waals surface area contributed by atoms with E-state index in [0.29, 0.717) is 21.3 Å². The standard InChI is InChI=1S/C15H15Cl2NO4/c1-3-6-21-14(19)7-10(2)18-15(20)22-9-11-4-5-12(16)13(17)8-11/h3-5,7-8H,1,6,9H2,2H3,(H,18,20)/b10-7-. The third-order valence-corrected chi connectivity index (χ3v) is 3.07. The molecule has 22 heavy (non-hydrogen) atoms. The molecule has 0 heterocycles. The number of carbonyl (C=O) groups excluding carboxylic acids is 2. The van der Waals surface area contributed by atoms with Crippen molar-refractivity contribution in [2.24, 2.45) is 0 Å². The van der Waals surface area contributed by atoms with E-state index in [1.807, 2.05) is 0 Å². The summed E-state index contributed by atoms with van der Waals surface area (Å²) in [4.78, 5) is 22.8. The van der Waals surface area contributed by atoms with Gasteiger partial charge in [-0.15, -0.1) is 0 Å². The van der Waals surface area contributed by atoms with Gasteiger partial charge in [0.15, 0.2) is 0 Å². The molecule has 7 heteroatoms. The fourth-order valence-electron chi connectivity index (χ4n) is 1.37. The van der Waals surface area contributed by atoms with Crippen LogP contribution in [0.15, 0.2) is 42.6 Å². The van der Waals surface area contributed by atoms with Crippen LogP contribution in [0.2, 0.25) is 10.0 Å². The molecule has 0 saturated carbocycles. The van der Waals surface area contributed by atoms with Gasteiger partial charge in [0.2, 0.25) is 0 Å². The Bertz CT molecular complexity index is 599. The maximum Gasteiger partial charge on any atom is 0.411 e. The number of alkyl carbamates (subject to hydrolysis) is 1. The number of esters is 1. The predicted octanol–water partition coefficient (Wildman–Crippen LogP) is 3.85. The highest BCUT2D eigenvalue weighted by atomic mass is 35.5. The van der Waals surface area contributed by atoms with Gasteiger partial charge in [-0.2, -0.15) is 0 Å². The summed E-state index contributed by atoms with van der Waals surface area (Å²) >= 11 is 11.6. The van der Waals surface area contributed by atoms with Crippen molar-refractivity contribution < 1.29 is 19.1 Å². The lowest BCUT2D eigenvalue weighted by Crippen LogP contribution is -2.23. The summed E-state index contributed by atoms with van der Waals surface area (Å²) in [5, 5.41) is 3.20. The van der Waals surface area contributed by atoms with E-state index in [2.05, 4.69) is 11.9 Å².